The Morgan fingerprint density at radius 3 is 2.33 bits per heavy atom. The molecule has 0 aliphatic rings. The summed E-state index contributed by atoms with van der Waals surface area (Å²) in [7, 11) is 0. The van der Waals surface area contributed by atoms with E-state index in [1.54, 1.807) is 0 Å². The molecule has 0 radical (unpaired) electrons. The Labute approximate surface area is 70.9 Å². The maximum absolute atomic E-state index is 8.98. The number of hydrogen-bond donors (Lipinski definition) is 2. The highest BCUT2D eigenvalue weighted by Gasteiger charge is 2.01. The number of aromatic hydroxyl groups is 2. The predicted octanol–water partition coefficient (Wildman–Crippen LogP) is 1.23. The molecule has 0 aliphatic heterocycles. The zero-order chi connectivity index (χ0) is 8.97. The number of nitrogens with zero attached hydrogens (tertiary/aromatic N) is 2. The maximum atomic E-state index is 8.98. The Bertz CT molecular complexity index is 243. The topological polar surface area (TPSA) is 66.2 Å². The first-order chi connectivity index (χ1) is 5.72. The second kappa shape index (κ2) is 3.90. The summed E-state index contributed by atoms with van der Waals surface area (Å²) in [6, 6.07) is 1.12. The second-order valence-corrected chi connectivity index (χ2v) is 2.60. The first kappa shape index (κ1) is 8.77. The van der Waals surface area contributed by atoms with Crippen molar-refractivity contribution in [2.75, 3.05) is 0 Å². The highest BCUT2D eigenvalue weighted by molar-refractivity contribution is 5.18. The van der Waals surface area contributed by atoms with Crippen molar-refractivity contribution in [1.29, 1.82) is 0 Å². The summed E-state index contributed by atoms with van der Waals surface area (Å²) in [6.45, 7) is 2.06. The van der Waals surface area contributed by atoms with E-state index in [2.05, 4.69) is 16.9 Å². The van der Waals surface area contributed by atoms with Gasteiger partial charge in [0.15, 0.2) is 0 Å². The lowest BCUT2D eigenvalue weighted by Crippen LogP contribution is -1.94. The summed E-state index contributed by atoms with van der Waals surface area (Å²) < 4.78 is 0. The summed E-state index contributed by atoms with van der Waals surface area (Å²) in [5, 5.41) is 18.0. The number of hydrogen-bond acceptors (Lipinski definition) is 4. The number of unbranched alkanes of at least 4 members (excludes halogenated alkanes) is 1. The van der Waals surface area contributed by atoms with E-state index in [-0.39, 0.29) is 11.8 Å². The Kier molecular flexibility index (Phi) is 2.85. The lowest BCUT2D eigenvalue weighted by Gasteiger charge is -1.99. The Balaban J connectivity index is 2.72. The first-order valence-corrected chi connectivity index (χ1v) is 3.98. The van der Waals surface area contributed by atoms with E-state index >= 15 is 0 Å². The monoisotopic (exact) mass is 168 g/mol. The third kappa shape index (κ3) is 2.38. The van der Waals surface area contributed by atoms with E-state index in [9.17, 15) is 0 Å². The summed E-state index contributed by atoms with van der Waals surface area (Å²) in [5.74, 6) is 0.150. The lowest BCUT2D eigenvalue weighted by atomic mass is 10.2. The van der Waals surface area contributed by atoms with Crippen LogP contribution in [0, 0.1) is 0 Å². The second-order valence-electron chi connectivity index (χ2n) is 2.60. The van der Waals surface area contributed by atoms with Gasteiger partial charge in [0, 0.05) is 6.42 Å². The molecule has 1 aromatic rings. The molecule has 1 rings (SSSR count). The third-order valence-electron chi connectivity index (χ3n) is 1.50. The van der Waals surface area contributed by atoms with Crippen molar-refractivity contribution >= 4 is 0 Å². The molecule has 0 fully saturated rings. The van der Waals surface area contributed by atoms with Crippen molar-refractivity contribution in [2.45, 2.75) is 26.2 Å². The van der Waals surface area contributed by atoms with Crippen LogP contribution in [0.4, 0.5) is 0 Å². The Morgan fingerprint density at radius 1 is 1.25 bits per heavy atom. The van der Waals surface area contributed by atoms with Gasteiger partial charge in [-0.25, -0.2) is 0 Å². The third-order valence-corrected chi connectivity index (χ3v) is 1.50. The Morgan fingerprint density at radius 2 is 1.83 bits per heavy atom. The highest BCUT2D eigenvalue weighted by atomic mass is 16.3. The van der Waals surface area contributed by atoms with Crippen LogP contribution in [0.2, 0.25) is 0 Å². The van der Waals surface area contributed by atoms with Crippen LogP contribution in [0.25, 0.3) is 0 Å². The molecule has 0 bridgehead atoms. The lowest BCUT2D eigenvalue weighted by molar-refractivity contribution is 0.416. The average Bonchev–Trinajstić information content (AvgIpc) is 1.99. The van der Waals surface area contributed by atoms with Gasteiger partial charge >= 0.3 is 0 Å². The minimum atomic E-state index is -0.173. The van der Waals surface area contributed by atoms with Crippen LogP contribution in [-0.4, -0.2) is 20.2 Å². The van der Waals surface area contributed by atoms with E-state index < -0.39 is 0 Å². The largest absolute Gasteiger partial charge is 0.493 e. The molecule has 2 N–H and O–H groups in total. The normalized spacial score (nSPS) is 10.1. The molecule has 4 nitrogen and oxygen atoms in total. The van der Waals surface area contributed by atoms with Gasteiger partial charge in [-0.05, 0) is 6.42 Å². The number of aromatic nitrogens is 2. The standard InChI is InChI=1S/C8H12N2O2/c1-2-3-4-6-9-7(11)5-8(12)10-6/h5H,2-4H2,1H3,(H2,9,10,11,12). The summed E-state index contributed by atoms with van der Waals surface area (Å²) in [5.41, 5.74) is 0. The smallest absolute Gasteiger partial charge is 0.217 e. The van der Waals surface area contributed by atoms with Crippen molar-refractivity contribution in [1.82, 2.24) is 9.97 Å². The molecule has 1 heterocycles. The molecular weight excluding hydrogens is 156 g/mol. The minimum Gasteiger partial charge on any atom is -0.493 e. The van der Waals surface area contributed by atoms with Gasteiger partial charge in [0.2, 0.25) is 11.8 Å². The van der Waals surface area contributed by atoms with Gasteiger partial charge in [-0.2, -0.15) is 9.97 Å². The van der Waals surface area contributed by atoms with Gasteiger partial charge in [0.1, 0.15) is 5.82 Å². The van der Waals surface area contributed by atoms with Crippen molar-refractivity contribution in [3.05, 3.63) is 11.9 Å². The van der Waals surface area contributed by atoms with Crippen molar-refractivity contribution < 1.29 is 10.2 Å². The molecule has 0 saturated carbocycles. The highest BCUT2D eigenvalue weighted by Crippen LogP contribution is 2.13. The maximum Gasteiger partial charge on any atom is 0.217 e. The number of rotatable bonds is 3. The zero-order valence-corrected chi connectivity index (χ0v) is 6.99. The molecule has 0 unspecified atom stereocenters. The van der Waals surface area contributed by atoms with Crippen LogP contribution in [0.5, 0.6) is 11.8 Å². The van der Waals surface area contributed by atoms with Crippen LogP contribution in [0.1, 0.15) is 25.6 Å². The summed E-state index contributed by atoms with van der Waals surface area (Å²) in [6.07, 6.45) is 2.70. The van der Waals surface area contributed by atoms with Crippen molar-refractivity contribution in [3.8, 4) is 11.8 Å². The summed E-state index contributed by atoms with van der Waals surface area (Å²) in [4.78, 5) is 7.51. The van der Waals surface area contributed by atoms with Gasteiger partial charge in [0.25, 0.3) is 0 Å². The van der Waals surface area contributed by atoms with E-state index in [0.29, 0.717) is 12.2 Å². The van der Waals surface area contributed by atoms with Crippen LogP contribution < -0.4 is 0 Å². The summed E-state index contributed by atoms with van der Waals surface area (Å²) >= 11 is 0. The molecule has 0 saturated heterocycles. The van der Waals surface area contributed by atoms with Crippen molar-refractivity contribution in [2.24, 2.45) is 0 Å². The predicted molar refractivity (Wildman–Crippen MR) is 44.0 cm³/mol. The molecule has 0 aromatic carbocycles. The van der Waals surface area contributed by atoms with Gasteiger partial charge in [-0.15, -0.1) is 0 Å². The number of aryl methyl sites for hydroxylation is 1. The van der Waals surface area contributed by atoms with Gasteiger partial charge in [-0.1, -0.05) is 13.3 Å². The van der Waals surface area contributed by atoms with Gasteiger partial charge in [0.05, 0.1) is 6.07 Å². The van der Waals surface area contributed by atoms with Crippen LogP contribution in [0.3, 0.4) is 0 Å². The van der Waals surface area contributed by atoms with Gasteiger partial charge in [-0.3, -0.25) is 0 Å². The molecular formula is C8H12N2O2. The van der Waals surface area contributed by atoms with Crippen LogP contribution in [0.15, 0.2) is 6.07 Å². The molecule has 0 spiro atoms. The molecule has 1 aromatic heterocycles. The zero-order valence-electron chi connectivity index (χ0n) is 6.99. The molecule has 0 amide bonds. The van der Waals surface area contributed by atoms with E-state index in [1.807, 2.05) is 0 Å². The molecule has 66 valence electrons. The fourth-order valence-electron chi connectivity index (χ4n) is 0.916. The quantitative estimate of drug-likeness (QED) is 0.712. The van der Waals surface area contributed by atoms with E-state index in [1.165, 1.54) is 0 Å². The molecule has 0 aliphatic carbocycles. The minimum absolute atomic E-state index is 0.173. The van der Waals surface area contributed by atoms with Crippen molar-refractivity contribution in [3.63, 3.8) is 0 Å². The molecule has 12 heavy (non-hydrogen) atoms. The van der Waals surface area contributed by atoms with Crippen LogP contribution >= 0.6 is 0 Å². The average molecular weight is 168 g/mol. The fourth-order valence-corrected chi connectivity index (χ4v) is 0.916. The van der Waals surface area contributed by atoms with Crippen LogP contribution in [-0.2, 0) is 6.42 Å². The van der Waals surface area contributed by atoms with Gasteiger partial charge < -0.3 is 10.2 Å². The Hall–Kier alpha value is -1.32. The molecule has 0 atom stereocenters. The first-order valence-electron chi connectivity index (χ1n) is 3.98. The molecule has 4 heteroatoms. The van der Waals surface area contributed by atoms with E-state index in [4.69, 9.17) is 10.2 Å². The SMILES string of the molecule is CCCCc1nc(O)cc(O)n1. The fraction of sp³-hybridized carbons (Fsp3) is 0.500. The van der Waals surface area contributed by atoms with E-state index in [0.717, 1.165) is 18.9 Å².